The van der Waals surface area contributed by atoms with Gasteiger partial charge in [0.05, 0.1) is 0 Å². The van der Waals surface area contributed by atoms with Crippen LogP contribution in [0.25, 0.3) is 0 Å². The van der Waals surface area contributed by atoms with Gasteiger partial charge in [0.25, 0.3) is 0 Å². The van der Waals surface area contributed by atoms with E-state index in [1.807, 2.05) is 0 Å². The molecule has 0 aliphatic rings. The minimum atomic E-state index is -0.187. The molecule has 0 heterocycles. The van der Waals surface area contributed by atoms with E-state index in [0.717, 1.165) is 6.08 Å². The molecule has 0 radical (unpaired) electrons. The summed E-state index contributed by atoms with van der Waals surface area (Å²) in [6.45, 7) is 2.70. The smallest absolute Gasteiger partial charge is 0.876 e. The average molecular weight is 232 g/mol. The molecule has 0 unspecified atom stereocenters. The second-order valence-electron chi connectivity index (χ2n) is 1.37. The molecule has 0 aromatic carbocycles. The first-order chi connectivity index (χ1) is 3.13. The van der Waals surface area contributed by atoms with Crippen molar-refractivity contribution in [1.82, 2.24) is 0 Å². The Morgan fingerprint density at radius 2 is 1.88 bits per heavy atom. The Hall–Kier alpha value is 1.26. The van der Waals surface area contributed by atoms with Gasteiger partial charge in [-0.05, 0) is 13.0 Å². The number of hydrogen-bond donors (Lipinski definition) is 0. The van der Waals surface area contributed by atoms with E-state index >= 15 is 0 Å². The maximum absolute atomic E-state index is 9.98. The van der Waals surface area contributed by atoms with Gasteiger partial charge in [-0.25, -0.2) is 0 Å². The molecule has 0 N–H and O–H groups in total. The van der Waals surface area contributed by atoms with Gasteiger partial charge in [-0.2, -0.15) is 0 Å². The van der Waals surface area contributed by atoms with E-state index in [4.69, 9.17) is 0 Å². The zero-order chi connectivity index (χ0) is 5.86. The first kappa shape index (κ1) is 12.0. The van der Waals surface area contributed by atoms with Crippen LogP contribution in [0, 0.1) is 0 Å². The molecule has 40 valence electrons. The van der Waals surface area contributed by atoms with Crippen LogP contribution in [0.15, 0.2) is 11.8 Å². The fourth-order valence-corrected chi connectivity index (χ4v) is 0.286. The predicted octanol–water partition coefficient (Wildman–Crippen LogP) is -3.16. The van der Waals surface area contributed by atoms with Gasteiger partial charge in [0.15, 0.2) is 5.78 Å². The number of hydrogen-bond acceptors (Lipinski definition) is 2. The summed E-state index contributed by atoms with van der Waals surface area (Å²) in [4.78, 5) is 9.98. The van der Waals surface area contributed by atoms with Crippen molar-refractivity contribution in [2.75, 3.05) is 0 Å². The fraction of sp³-hybridized carbons (Fsp3) is 0.400. The number of allylic oxidation sites excluding steroid dienone is 2. The third-order valence-corrected chi connectivity index (χ3v) is 0.407. The Morgan fingerprint density at radius 1 is 1.50 bits per heavy atom. The predicted molar refractivity (Wildman–Crippen MR) is 24.4 cm³/mol. The molecule has 0 bridgehead atoms. The van der Waals surface area contributed by atoms with Crippen LogP contribution in [0.3, 0.4) is 0 Å². The van der Waals surface area contributed by atoms with E-state index in [0.29, 0.717) is 0 Å². The van der Waals surface area contributed by atoms with Crippen LogP contribution in [0.4, 0.5) is 0 Å². The summed E-state index contributed by atoms with van der Waals surface area (Å²) in [7, 11) is 0. The van der Waals surface area contributed by atoms with Gasteiger partial charge < -0.3 is 5.11 Å². The zero-order valence-corrected chi connectivity index (χ0v) is 11.7. The van der Waals surface area contributed by atoms with E-state index in [-0.39, 0.29) is 80.4 Å². The molecule has 3 heteroatoms. The van der Waals surface area contributed by atoms with Crippen LogP contribution in [-0.4, -0.2) is 5.78 Å². The van der Waals surface area contributed by atoms with Crippen LogP contribution in [0.5, 0.6) is 0 Å². The van der Waals surface area contributed by atoms with E-state index in [2.05, 4.69) is 0 Å². The maximum atomic E-state index is 9.98. The van der Waals surface area contributed by atoms with Crippen molar-refractivity contribution in [2.45, 2.75) is 13.8 Å². The van der Waals surface area contributed by atoms with Gasteiger partial charge in [0, 0.05) is 0 Å². The van der Waals surface area contributed by atoms with Crippen molar-refractivity contribution in [2.24, 2.45) is 0 Å². The summed E-state index contributed by atoms with van der Waals surface area (Å²) >= 11 is 0. The van der Waals surface area contributed by atoms with Gasteiger partial charge in [-0.1, -0.05) is 6.92 Å². The van der Waals surface area contributed by atoms with Crippen molar-refractivity contribution in [3.05, 3.63) is 11.8 Å². The second-order valence-corrected chi connectivity index (χ2v) is 1.37. The minimum absolute atomic E-state index is 0. The summed E-state index contributed by atoms with van der Waals surface area (Å²) in [5.74, 6) is -0.375. The Labute approximate surface area is 108 Å². The van der Waals surface area contributed by atoms with E-state index < -0.39 is 0 Å². The molecule has 0 aromatic heterocycles. The number of rotatable bonds is 1. The SMILES string of the molecule is CC(=O)C=C(C)[O-].[Cs+]. The summed E-state index contributed by atoms with van der Waals surface area (Å²) in [5, 5.41) is 9.98. The van der Waals surface area contributed by atoms with Gasteiger partial charge >= 0.3 is 68.9 Å². The quantitative estimate of drug-likeness (QED) is 0.353. The van der Waals surface area contributed by atoms with Crippen LogP contribution < -0.4 is 74.0 Å². The van der Waals surface area contributed by atoms with Crippen molar-refractivity contribution < 1.29 is 78.8 Å². The number of carbonyl (C=O) groups excluding carboxylic acids is 1. The molecular formula is C5H7CsO2. The topological polar surface area (TPSA) is 40.1 Å². The monoisotopic (exact) mass is 232 g/mol. The molecule has 0 aliphatic carbocycles. The number of ketones is 1. The second kappa shape index (κ2) is 6.38. The van der Waals surface area contributed by atoms with Crippen LogP contribution in [-0.2, 0) is 4.79 Å². The Kier molecular flexibility index (Phi) is 9.57. The maximum Gasteiger partial charge on any atom is 1.00 e. The van der Waals surface area contributed by atoms with Crippen LogP contribution >= 0.6 is 0 Å². The van der Waals surface area contributed by atoms with E-state index in [1.54, 1.807) is 0 Å². The molecule has 0 saturated carbocycles. The third-order valence-electron chi connectivity index (χ3n) is 0.407. The molecule has 2 nitrogen and oxygen atoms in total. The molecule has 0 rings (SSSR count). The Bertz CT molecular complexity index is 103. The molecule has 0 saturated heterocycles. The zero-order valence-electron chi connectivity index (χ0n) is 5.39. The van der Waals surface area contributed by atoms with Crippen molar-refractivity contribution in [3.63, 3.8) is 0 Å². The summed E-state index contributed by atoms with van der Waals surface area (Å²) < 4.78 is 0. The third kappa shape index (κ3) is 10.3. The molecule has 0 spiro atoms. The molecule has 8 heavy (non-hydrogen) atoms. The van der Waals surface area contributed by atoms with Crippen molar-refractivity contribution in [1.29, 1.82) is 0 Å². The van der Waals surface area contributed by atoms with Gasteiger partial charge in [-0.3, -0.25) is 4.79 Å². The summed E-state index contributed by atoms with van der Waals surface area (Å²) in [6, 6.07) is 0. The largest absolute Gasteiger partial charge is 1.00 e. The molecule has 0 aromatic rings. The average Bonchev–Trinajstić information content (AvgIpc) is 1.27. The van der Waals surface area contributed by atoms with Crippen LogP contribution in [0.2, 0.25) is 0 Å². The molecule has 0 amide bonds. The molecular weight excluding hydrogens is 225 g/mol. The van der Waals surface area contributed by atoms with Gasteiger partial charge in [-0.15, -0.1) is 5.76 Å². The summed E-state index contributed by atoms with van der Waals surface area (Å²) in [6.07, 6.45) is 1.06. The minimum Gasteiger partial charge on any atom is -0.876 e. The van der Waals surface area contributed by atoms with Gasteiger partial charge in [0.2, 0.25) is 0 Å². The first-order valence-corrected chi connectivity index (χ1v) is 1.99. The molecule has 0 fully saturated rings. The summed E-state index contributed by atoms with van der Waals surface area (Å²) in [5.41, 5.74) is 0. The first-order valence-electron chi connectivity index (χ1n) is 1.99. The fourth-order valence-electron chi connectivity index (χ4n) is 0.286. The van der Waals surface area contributed by atoms with E-state index in [1.165, 1.54) is 13.8 Å². The van der Waals surface area contributed by atoms with Crippen molar-refractivity contribution in [3.8, 4) is 0 Å². The molecule has 0 atom stereocenters. The Balaban J connectivity index is 0. The molecule has 0 aliphatic heterocycles. The van der Waals surface area contributed by atoms with Gasteiger partial charge in [0.1, 0.15) is 0 Å². The van der Waals surface area contributed by atoms with Crippen molar-refractivity contribution >= 4 is 5.78 Å². The standard InChI is InChI=1S/C5H8O2.Cs/c1-4(6)3-5(2)7;/h3,6H,1-2H3;/q;+1/p-1. The van der Waals surface area contributed by atoms with Crippen LogP contribution in [0.1, 0.15) is 13.8 Å². The number of carbonyl (C=O) groups is 1. The Morgan fingerprint density at radius 3 is 1.88 bits per heavy atom. The normalized spacial score (nSPS) is 10.0. The van der Waals surface area contributed by atoms with E-state index in [9.17, 15) is 9.90 Å².